The van der Waals surface area contributed by atoms with Crippen molar-refractivity contribution >= 4 is 5.91 Å². The lowest BCUT2D eigenvalue weighted by Crippen LogP contribution is -2.19. The van der Waals surface area contributed by atoms with Gasteiger partial charge in [-0.25, -0.2) is 4.39 Å². The lowest BCUT2D eigenvalue weighted by atomic mass is 10.0. The summed E-state index contributed by atoms with van der Waals surface area (Å²) < 4.78 is 12.9. The molecule has 0 radical (unpaired) electrons. The molecule has 0 aromatic heterocycles. The number of primary amides is 1. The Hall–Kier alpha value is -1.42. The Morgan fingerprint density at radius 2 is 2.13 bits per heavy atom. The van der Waals surface area contributed by atoms with E-state index in [1.54, 1.807) is 6.07 Å². The van der Waals surface area contributed by atoms with Crippen LogP contribution in [0.15, 0.2) is 18.2 Å². The first kappa shape index (κ1) is 11.7. The highest BCUT2D eigenvalue weighted by Crippen LogP contribution is 2.11. The number of rotatable bonds is 4. The zero-order valence-electron chi connectivity index (χ0n) is 8.96. The van der Waals surface area contributed by atoms with E-state index < -0.39 is 11.7 Å². The second-order valence-corrected chi connectivity index (χ2v) is 3.72. The maximum atomic E-state index is 12.9. The zero-order chi connectivity index (χ0) is 11.4. The molecule has 0 heterocycles. The largest absolute Gasteiger partial charge is 0.366 e. The maximum Gasteiger partial charge on any atom is 0.249 e. The van der Waals surface area contributed by atoms with E-state index in [4.69, 9.17) is 5.73 Å². The van der Waals surface area contributed by atoms with Gasteiger partial charge in [0.2, 0.25) is 5.91 Å². The van der Waals surface area contributed by atoms with Crippen LogP contribution >= 0.6 is 0 Å². The predicted molar refractivity (Wildman–Crippen MR) is 57.2 cm³/mol. The molecule has 1 aromatic carbocycles. The average Bonchev–Trinajstić information content (AvgIpc) is 2.15. The van der Waals surface area contributed by atoms with Crippen molar-refractivity contribution in [2.75, 3.05) is 20.6 Å². The van der Waals surface area contributed by atoms with Crippen LogP contribution < -0.4 is 5.73 Å². The second kappa shape index (κ2) is 4.89. The van der Waals surface area contributed by atoms with Crippen LogP contribution in [-0.2, 0) is 6.42 Å². The van der Waals surface area contributed by atoms with Crippen LogP contribution in [0.3, 0.4) is 0 Å². The Kier molecular flexibility index (Phi) is 3.80. The summed E-state index contributed by atoms with van der Waals surface area (Å²) in [7, 11) is 3.88. The van der Waals surface area contributed by atoms with Crippen LogP contribution in [0, 0.1) is 5.82 Å². The first-order chi connectivity index (χ1) is 7.00. The Balaban J connectivity index is 2.91. The molecule has 0 unspecified atom stereocenters. The Morgan fingerprint density at radius 1 is 1.47 bits per heavy atom. The van der Waals surface area contributed by atoms with Gasteiger partial charge < -0.3 is 10.6 Å². The molecule has 4 heteroatoms. The molecule has 3 nitrogen and oxygen atoms in total. The van der Waals surface area contributed by atoms with Gasteiger partial charge in [0.05, 0.1) is 0 Å². The monoisotopic (exact) mass is 210 g/mol. The van der Waals surface area contributed by atoms with Crippen LogP contribution in [0.2, 0.25) is 0 Å². The first-order valence-corrected chi connectivity index (χ1v) is 4.73. The molecule has 2 N–H and O–H groups in total. The van der Waals surface area contributed by atoms with Crippen molar-refractivity contribution in [2.24, 2.45) is 5.73 Å². The summed E-state index contributed by atoms with van der Waals surface area (Å²) in [5, 5.41) is 0. The van der Waals surface area contributed by atoms with Gasteiger partial charge >= 0.3 is 0 Å². The molecule has 82 valence electrons. The van der Waals surface area contributed by atoms with Crippen molar-refractivity contribution in [3.05, 3.63) is 35.1 Å². The maximum absolute atomic E-state index is 12.9. The normalized spacial score (nSPS) is 10.7. The number of hydrogen-bond donors (Lipinski definition) is 1. The van der Waals surface area contributed by atoms with Gasteiger partial charge in [-0.3, -0.25) is 4.79 Å². The predicted octanol–water partition coefficient (Wildman–Crippen LogP) is 1.03. The molecule has 0 aliphatic carbocycles. The molecule has 0 aliphatic rings. The van der Waals surface area contributed by atoms with E-state index in [-0.39, 0.29) is 5.56 Å². The number of nitrogens with zero attached hydrogens (tertiary/aromatic N) is 1. The number of likely N-dealkylation sites (N-methyl/N-ethyl adjacent to an activating group) is 1. The van der Waals surface area contributed by atoms with Crippen molar-refractivity contribution in [3.8, 4) is 0 Å². The molecule has 0 saturated carbocycles. The molecule has 0 saturated heterocycles. The van der Waals surface area contributed by atoms with Gasteiger partial charge in [-0.15, -0.1) is 0 Å². The molecule has 0 bridgehead atoms. The molecular formula is C11H15FN2O. The summed E-state index contributed by atoms with van der Waals surface area (Å²) in [5.41, 5.74) is 6.23. The van der Waals surface area contributed by atoms with E-state index in [1.807, 2.05) is 19.0 Å². The highest BCUT2D eigenvalue weighted by atomic mass is 19.1. The molecule has 0 fully saturated rings. The van der Waals surface area contributed by atoms with Crippen molar-refractivity contribution in [1.29, 1.82) is 0 Å². The lowest BCUT2D eigenvalue weighted by molar-refractivity contribution is 0.0999. The van der Waals surface area contributed by atoms with Crippen LogP contribution in [-0.4, -0.2) is 31.4 Å². The molecule has 1 amide bonds. The number of nitrogens with two attached hydrogens (primary N) is 1. The van der Waals surface area contributed by atoms with E-state index in [9.17, 15) is 9.18 Å². The number of hydrogen-bond acceptors (Lipinski definition) is 2. The zero-order valence-corrected chi connectivity index (χ0v) is 8.96. The quantitative estimate of drug-likeness (QED) is 0.806. The summed E-state index contributed by atoms with van der Waals surface area (Å²) in [4.78, 5) is 13.1. The number of benzene rings is 1. The van der Waals surface area contributed by atoms with E-state index in [2.05, 4.69) is 0 Å². The summed E-state index contributed by atoms with van der Waals surface area (Å²) in [6, 6.07) is 4.14. The van der Waals surface area contributed by atoms with Crippen molar-refractivity contribution < 1.29 is 9.18 Å². The molecule has 0 spiro atoms. The van der Waals surface area contributed by atoms with Crippen LogP contribution in [0.4, 0.5) is 4.39 Å². The van der Waals surface area contributed by atoms with Gasteiger partial charge in [-0.2, -0.15) is 0 Å². The molecule has 1 rings (SSSR count). The number of carbonyl (C=O) groups excluding carboxylic acids is 1. The first-order valence-electron chi connectivity index (χ1n) is 4.73. The molecule has 1 aromatic rings. The molecular weight excluding hydrogens is 195 g/mol. The van der Waals surface area contributed by atoms with E-state index in [1.165, 1.54) is 12.1 Å². The number of carbonyl (C=O) groups is 1. The Labute approximate surface area is 88.7 Å². The Morgan fingerprint density at radius 3 is 2.67 bits per heavy atom. The fourth-order valence-electron chi connectivity index (χ4n) is 1.34. The summed E-state index contributed by atoms with van der Waals surface area (Å²) in [5.74, 6) is -1.01. The van der Waals surface area contributed by atoms with Gasteiger partial charge in [0, 0.05) is 12.1 Å². The summed E-state index contributed by atoms with van der Waals surface area (Å²) in [6.07, 6.45) is 0.686. The van der Waals surface area contributed by atoms with Gasteiger partial charge in [0.15, 0.2) is 0 Å². The average molecular weight is 210 g/mol. The van der Waals surface area contributed by atoms with E-state index in [0.717, 1.165) is 12.1 Å². The van der Waals surface area contributed by atoms with Crippen LogP contribution in [0.1, 0.15) is 15.9 Å². The minimum atomic E-state index is -0.580. The smallest absolute Gasteiger partial charge is 0.249 e. The highest BCUT2D eigenvalue weighted by molar-refractivity contribution is 5.94. The molecule has 0 atom stereocenters. The van der Waals surface area contributed by atoms with Crippen molar-refractivity contribution in [3.63, 3.8) is 0 Å². The Bertz CT molecular complexity index is 364. The van der Waals surface area contributed by atoms with Crippen LogP contribution in [0.5, 0.6) is 0 Å². The van der Waals surface area contributed by atoms with Crippen LogP contribution in [0.25, 0.3) is 0 Å². The lowest BCUT2D eigenvalue weighted by Gasteiger charge is -2.11. The number of amides is 1. The third-order valence-electron chi connectivity index (χ3n) is 2.17. The van der Waals surface area contributed by atoms with Crippen molar-refractivity contribution in [2.45, 2.75) is 6.42 Å². The van der Waals surface area contributed by atoms with Crippen molar-refractivity contribution in [1.82, 2.24) is 4.90 Å². The minimum Gasteiger partial charge on any atom is -0.366 e. The number of halogens is 1. The van der Waals surface area contributed by atoms with Gasteiger partial charge in [0.1, 0.15) is 5.82 Å². The minimum absolute atomic E-state index is 0.275. The van der Waals surface area contributed by atoms with Gasteiger partial charge in [-0.05, 0) is 38.2 Å². The third kappa shape index (κ3) is 3.32. The van der Waals surface area contributed by atoms with Gasteiger partial charge in [0.25, 0.3) is 0 Å². The molecule has 15 heavy (non-hydrogen) atoms. The third-order valence-corrected chi connectivity index (χ3v) is 2.17. The summed E-state index contributed by atoms with van der Waals surface area (Å²) in [6.45, 7) is 0.798. The highest BCUT2D eigenvalue weighted by Gasteiger charge is 2.09. The van der Waals surface area contributed by atoms with E-state index >= 15 is 0 Å². The topological polar surface area (TPSA) is 46.3 Å². The standard InChI is InChI=1S/C11H15FN2O/c1-14(2)6-5-8-3-4-9(12)7-10(8)11(13)15/h3-4,7H,5-6H2,1-2H3,(H2,13,15). The van der Waals surface area contributed by atoms with Gasteiger partial charge in [-0.1, -0.05) is 6.07 Å². The fourth-order valence-corrected chi connectivity index (χ4v) is 1.34. The van der Waals surface area contributed by atoms with E-state index in [0.29, 0.717) is 6.42 Å². The summed E-state index contributed by atoms with van der Waals surface area (Å²) >= 11 is 0. The second-order valence-electron chi connectivity index (χ2n) is 3.72. The molecule has 0 aliphatic heterocycles. The SMILES string of the molecule is CN(C)CCc1ccc(F)cc1C(N)=O. The fraction of sp³-hybridized carbons (Fsp3) is 0.364.